The molecule has 0 bridgehead atoms. The van der Waals surface area contributed by atoms with Crippen LogP contribution in [-0.2, 0) is 6.42 Å². The molecule has 0 unspecified atom stereocenters. The van der Waals surface area contributed by atoms with Crippen molar-refractivity contribution in [2.24, 2.45) is 0 Å². The highest BCUT2D eigenvalue weighted by Crippen LogP contribution is 2.15. The zero-order chi connectivity index (χ0) is 8.10. The number of rotatable bonds is 1. The molecule has 0 N–H and O–H groups in total. The van der Waals surface area contributed by atoms with Crippen molar-refractivity contribution in [2.75, 3.05) is 0 Å². The molecule has 0 amide bonds. The fourth-order valence-corrected chi connectivity index (χ4v) is 1.59. The van der Waals surface area contributed by atoms with Gasteiger partial charge in [0.05, 0.1) is 17.4 Å². The van der Waals surface area contributed by atoms with Crippen molar-refractivity contribution in [3.63, 3.8) is 0 Å². The van der Waals surface area contributed by atoms with E-state index in [4.69, 9.17) is 5.26 Å². The van der Waals surface area contributed by atoms with Crippen molar-refractivity contribution in [3.8, 4) is 17.9 Å². The molecular formula is C9H7NS. The van der Waals surface area contributed by atoms with Crippen LogP contribution in [0.25, 0.3) is 0 Å². The van der Waals surface area contributed by atoms with Crippen molar-refractivity contribution >= 4 is 11.3 Å². The van der Waals surface area contributed by atoms with E-state index in [1.54, 1.807) is 11.3 Å². The third-order valence-electron chi connectivity index (χ3n) is 1.16. The molecule has 1 aromatic heterocycles. The van der Waals surface area contributed by atoms with Crippen LogP contribution in [0.15, 0.2) is 12.1 Å². The fourth-order valence-electron chi connectivity index (χ4n) is 0.741. The van der Waals surface area contributed by atoms with Crippen LogP contribution < -0.4 is 0 Å². The van der Waals surface area contributed by atoms with Crippen LogP contribution in [0.1, 0.15) is 16.7 Å². The SMILES string of the molecule is CC#Cc1ccc(CC#N)s1. The van der Waals surface area contributed by atoms with Gasteiger partial charge in [0, 0.05) is 4.88 Å². The van der Waals surface area contributed by atoms with E-state index < -0.39 is 0 Å². The van der Waals surface area contributed by atoms with Crippen molar-refractivity contribution in [1.29, 1.82) is 5.26 Å². The Kier molecular flexibility index (Phi) is 2.72. The summed E-state index contributed by atoms with van der Waals surface area (Å²) >= 11 is 1.59. The Morgan fingerprint density at radius 3 is 3.00 bits per heavy atom. The van der Waals surface area contributed by atoms with Gasteiger partial charge < -0.3 is 0 Å². The molecule has 0 aromatic carbocycles. The third kappa shape index (κ3) is 2.11. The molecule has 0 aliphatic rings. The quantitative estimate of drug-likeness (QED) is 0.579. The lowest BCUT2D eigenvalue weighted by molar-refractivity contribution is 1.32. The Morgan fingerprint density at radius 1 is 1.55 bits per heavy atom. The number of hydrogen-bond acceptors (Lipinski definition) is 2. The van der Waals surface area contributed by atoms with Gasteiger partial charge in [0.25, 0.3) is 0 Å². The zero-order valence-corrected chi connectivity index (χ0v) is 7.03. The summed E-state index contributed by atoms with van der Waals surface area (Å²) in [6, 6.07) is 6.01. The molecule has 0 saturated heterocycles. The van der Waals surface area contributed by atoms with Gasteiger partial charge in [-0.25, -0.2) is 0 Å². The predicted molar refractivity (Wildman–Crippen MR) is 46.2 cm³/mol. The van der Waals surface area contributed by atoms with Gasteiger partial charge >= 0.3 is 0 Å². The number of nitrogens with zero attached hydrogens (tertiary/aromatic N) is 1. The summed E-state index contributed by atoms with van der Waals surface area (Å²) in [5.41, 5.74) is 0. The molecule has 1 aromatic rings. The maximum absolute atomic E-state index is 8.38. The molecule has 0 atom stereocenters. The molecule has 0 radical (unpaired) electrons. The Labute approximate surface area is 70.3 Å². The van der Waals surface area contributed by atoms with Crippen LogP contribution in [0.2, 0.25) is 0 Å². The molecule has 11 heavy (non-hydrogen) atoms. The minimum atomic E-state index is 0.496. The first-order valence-electron chi connectivity index (χ1n) is 3.25. The number of hydrogen-bond donors (Lipinski definition) is 0. The van der Waals surface area contributed by atoms with Crippen LogP contribution in [-0.4, -0.2) is 0 Å². The molecule has 0 saturated carbocycles. The topological polar surface area (TPSA) is 23.8 Å². The average Bonchev–Trinajstić information content (AvgIpc) is 2.38. The van der Waals surface area contributed by atoms with Gasteiger partial charge in [-0.3, -0.25) is 0 Å². The predicted octanol–water partition coefficient (Wildman–Crippen LogP) is 2.19. The van der Waals surface area contributed by atoms with E-state index in [1.807, 2.05) is 19.1 Å². The number of nitriles is 1. The summed E-state index contributed by atoms with van der Waals surface area (Å²) in [6.45, 7) is 1.81. The molecule has 54 valence electrons. The monoisotopic (exact) mass is 161 g/mol. The minimum absolute atomic E-state index is 0.496. The summed E-state index contributed by atoms with van der Waals surface area (Å²) in [4.78, 5) is 2.13. The Balaban J connectivity index is 2.81. The molecular weight excluding hydrogens is 154 g/mol. The molecule has 0 aliphatic heterocycles. The highest BCUT2D eigenvalue weighted by atomic mass is 32.1. The van der Waals surface area contributed by atoms with E-state index in [0.717, 1.165) is 9.75 Å². The van der Waals surface area contributed by atoms with Gasteiger partial charge in [-0.05, 0) is 19.1 Å². The fraction of sp³-hybridized carbons (Fsp3) is 0.222. The summed E-state index contributed by atoms with van der Waals surface area (Å²) in [6.07, 6.45) is 0.496. The first-order valence-corrected chi connectivity index (χ1v) is 4.07. The van der Waals surface area contributed by atoms with Crippen LogP contribution in [0.3, 0.4) is 0 Å². The Bertz CT molecular complexity index is 332. The molecule has 0 fully saturated rings. The summed E-state index contributed by atoms with van der Waals surface area (Å²) in [5, 5.41) is 8.38. The van der Waals surface area contributed by atoms with E-state index in [9.17, 15) is 0 Å². The first-order chi connectivity index (χ1) is 5.36. The number of thiophene rings is 1. The van der Waals surface area contributed by atoms with Crippen LogP contribution in [0.4, 0.5) is 0 Å². The van der Waals surface area contributed by atoms with Crippen LogP contribution in [0, 0.1) is 23.2 Å². The second-order valence-corrected chi connectivity index (χ2v) is 3.14. The van der Waals surface area contributed by atoms with E-state index in [2.05, 4.69) is 17.9 Å². The van der Waals surface area contributed by atoms with Gasteiger partial charge in [-0.2, -0.15) is 5.26 Å². The van der Waals surface area contributed by atoms with Crippen molar-refractivity contribution in [2.45, 2.75) is 13.3 Å². The van der Waals surface area contributed by atoms with Gasteiger partial charge in [0.15, 0.2) is 0 Å². The molecule has 1 rings (SSSR count). The highest BCUT2D eigenvalue weighted by molar-refractivity contribution is 7.12. The minimum Gasteiger partial charge on any atom is -0.198 e. The third-order valence-corrected chi connectivity index (χ3v) is 2.16. The molecule has 0 aliphatic carbocycles. The standard InChI is InChI=1S/C9H7NS/c1-2-3-8-4-5-9(11-8)6-7-10/h4-5H,6H2,1H3. The zero-order valence-electron chi connectivity index (χ0n) is 6.22. The van der Waals surface area contributed by atoms with E-state index >= 15 is 0 Å². The smallest absolute Gasteiger partial charge is 0.0771 e. The summed E-state index contributed by atoms with van der Waals surface area (Å²) < 4.78 is 0. The molecule has 2 heteroatoms. The Hall–Kier alpha value is -1.25. The van der Waals surface area contributed by atoms with E-state index in [-0.39, 0.29) is 0 Å². The second kappa shape index (κ2) is 3.81. The van der Waals surface area contributed by atoms with E-state index in [0.29, 0.717) is 6.42 Å². The highest BCUT2D eigenvalue weighted by Gasteiger charge is 1.95. The second-order valence-electron chi connectivity index (χ2n) is 1.98. The van der Waals surface area contributed by atoms with Gasteiger partial charge in [0.1, 0.15) is 0 Å². The largest absolute Gasteiger partial charge is 0.198 e. The van der Waals surface area contributed by atoms with Gasteiger partial charge in [0.2, 0.25) is 0 Å². The van der Waals surface area contributed by atoms with Crippen LogP contribution in [0.5, 0.6) is 0 Å². The lowest BCUT2D eigenvalue weighted by atomic mass is 10.3. The van der Waals surface area contributed by atoms with E-state index in [1.165, 1.54) is 0 Å². The lowest BCUT2D eigenvalue weighted by Gasteiger charge is -1.78. The molecule has 1 nitrogen and oxygen atoms in total. The normalized spacial score (nSPS) is 8.00. The van der Waals surface area contributed by atoms with Gasteiger partial charge in [-0.15, -0.1) is 17.3 Å². The lowest BCUT2D eigenvalue weighted by Crippen LogP contribution is -1.68. The average molecular weight is 161 g/mol. The Morgan fingerprint density at radius 2 is 2.36 bits per heavy atom. The summed E-state index contributed by atoms with van der Waals surface area (Å²) in [5.74, 6) is 5.76. The first kappa shape index (κ1) is 7.85. The van der Waals surface area contributed by atoms with Crippen molar-refractivity contribution < 1.29 is 0 Å². The molecule has 1 heterocycles. The van der Waals surface area contributed by atoms with Crippen molar-refractivity contribution in [3.05, 3.63) is 21.9 Å². The maximum Gasteiger partial charge on any atom is 0.0771 e. The van der Waals surface area contributed by atoms with Gasteiger partial charge in [-0.1, -0.05) is 5.92 Å². The maximum atomic E-state index is 8.38. The van der Waals surface area contributed by atoms with Crippen molar-refractivity contribution in [1.82, 2.24) is 0 Å². The molecule has 0 spiro atoms. The summed E-state index contributed by atoms with van der Waals surface area (Å²) in [7, 11) is 0. The van der Waals surface area contributed by atoms with Crippen LogP contribution >= 0.6 is 11.3 Å².